The Kier molecular flexibility index (Phi) is 4.37. The normalized spacial score (nSPS) is 17.8. The summed E-state index contributed by atoms with van der Waals surface area (Å²) in [6.07, 6.45) is 3.60. The van der Waals surface area contributed by atoms with Gasteiger partial charge in [0.1, 0.15) is 11.5 Å². The van der Waals surface area contributed by atoms with E-state index in [1.54, 1.807) is 21.8 Å². The Hall–Kier alpha value is -2.81. The predicted molar refractivity (Wildman–Crippen MR) is 90.6 cm³/mol. The van der Waals surface area contributed by atoms with Crippen LogP contribution in [0.2, 0.25) is 0 Å². The Morgan fingerprint density at radius 1 is 1.42 bits per heavy atom. The molecule has 1 fully saturated rings. The quantitative estimate of drug-likeness (QED) is 0.733. The van der Waals surface area contributed by atoms with E-state index >= 15 is 0 Å². The molecule has 1 aliphatic heterocycles. The molecule has 26 heavy (non-hydrogen) atoms. The van der Waals surface area contributed by atoms with Crippen molar-refractivity contribution in [1.82, 2.24) is 29.9 Å². The smallest absolute Gasteiger partial charge is 0.289 e. The molecule has 2 N–H and O–H groups in total. The predicted octanol–water partition coefficient (Wildman–Crippen LogP) is 1.34. The zero-order chi connectivity index (χ0) is 18.1. The molecule has 136 valence electrons. The number of piperidine rings is 1. The molecule has 0 bridgehead atoms. The van der Waals surface area contributed by atoms with E-state index in [-0.39, 0.29) is 30.1 Å². The molecule has 4 rings (SSSR count). The lowest BCUT2D eigenvalue weighted by Gasteiger charge is -2.32. The summed E-state index contributed by atoms with van der Waals surface area (Å²) in [5.74, 6) is -0.0634. The van der Waals surface area contributed by atoms with Crippen molar-refractivity contribution >= 4 is 16.9 Å². The summed E-state index contributed by atoms with van der Waals surface area (Å²) >= 11 is 0. The number of amides is 1. The molecule has 3 heterocycles. The van der Waals surface area contributed by atoms with E-state index in [0.717, 1.165) is 12.8 Å². The monoisotopic (exact) mass is 358 g/mol. The van der Waals surface area contributed by atoms with Gasteiger partial charge >= 0.3 is 0 Å². The van der Waals surface area contributed by atoms with Crippen LogP contribution in [0.1, 0.15) is 29.2 Å². The molecule has 1 saturated heterocycles. The lowest BCUT2D eigenvalue weighted by molar-refractivity contribution is 0.0648. The van der Waals surface area contributed by atoms with Crippen LogP contribution in [0.5, 0.6) is 0 Å². The van der Waals surface area contributed by atoms with Gasteiger partial charge in [0.25, 0.3) is 5.91 Å². The Bertz CT molecular complexity index is 936. The largest absolute Gasteiger partial charge is 0.390 e. The maximum absolute atomic E-state index is 13.3. The van der Waals surface area contributed by atoms with Crippen LogP contribution in [0.4, 0.5) is 4.39 Å². The van der Waals surface area contributed by atoms with Crippen LogP contribution in [-0.2, 0) is 13.2 Å². The summed E-state index contributed by atoms with van der Waals surface area (Å²) in [4.78, 5) is 21.7. The standard InChI is InChI=1S/C17H19FN6O2/c18-12-3-4-14-15(6-12)20-16(19-14)17(26)23-5-1-2-11(7-23)8-24-9-13(10-25)21-22-24/h3-4,6,9,11,25H,1-2,5,7-8,10H2,(H,19,20)/t11-/m0/s1. The average molecular weight is 358 g/mol. The Balaban J connectivity index is 1.46. The summed E-state index contributed by atoms with van der Waals surface area (Å²) in [7, 11) is 0. The van der Waals surface area contributed by atoms with Gasteiger partial charge in [0, 0.05) is 19.6 Å². The van der Waals surface area contributed by atoms with E-state index in [2.05, 4.69) is 20.3 Å². The van der Waals surface area contributed by atoms with Gasteiger partial charge in [-0.2, -0.15) is 0 Å². The van der Waals surface area contributed by atoms with E-state index in [0.29, 0.717) is 36.4 Å². The van der Waals surface area contributed by atoms with Gasteiger partial charge in [-0.15, -0.1) is 5.10 Å². The fraction of sp³-hybridized carbons (Fsp3) is 0.412. The number of imidazole rings is 1. The molecule has 3 aromatic rings. The van der Waals surface area contributed by atoms with Crippen LogP contribution in [0.15, 0.2) is 24.4 Å². The van der Waals surface area contributed by atoms with Gasteiger partial charge in [-0.3, -0.25) is 9.48 Å². The topological polar surface area (TPSA) is 99.9 Å². The lowest BCUT2D eigenvalue weighted by atomic mass is 9.98. The molecule has 0 unspecified atom stereocenters. The Labute approximate surface area is 148 Å². The van der Waals surface area contributed by atoms with Crippen molar-refractivity contribution < 1.29 is 14.3 Å². The minimum Gasteiger partial charge on any atom is -0.390 e. The second-order valence-corrected chi connectivity index (χ2v) is 6.60. The van der Waals surface area contributed by atoms with Crippen LogP contribution < -0.4 is 0 Å². The first-order chi connectivity index (χ1) is 12.6. The number of halogens is 1. The molecule has 1 aliphatic rings. The summed E-state index contributed by atoms with van der Waals surface area (Å²) < 4.78 is 15.0. The summed E-state index contributed by atoms with van der Waals surface area (Å²) in [5.41, 5.74) is 1.62. The van der Waals surface area contributed by atoms with Crippen molar-refractivity contribution in [2.24, 2.45) is 5.92 Å². The number of carbonyl (C=O) groups is 1. The third-order valence-corrected chi connectivity index (χ3v) is 4.65. The number of aromatic nitrogens is 5. The van der Waals surface area contributed by atoms with Crippen LogP contribution in [0.3, 0.4) is 0 Å². The first kappa shape index (κ1) is 16.6. The summed E-state index contributed by atoms with van der Waals surface area (Å²) in [6.45, 7) is 1.77. The highest BCUT2D eigenvalue weighted by atomic mass is 19.1. The highest BCUT2D eigenvalue weighted by molar-refractivity contribution is 5.94. The van der Waals surface area contributed by atoms with E-state index in [9.17, 15) is 9.18 Å². The molecule has 0 saturated carbocycles. The van der Waals surface area contributed by atoms with Gasteiger partial charge in [-0.1, -0.05) is 5.21 Å². The maximum Gasteiger partial charge on any atom is 0.289 e. The van der Waals surface area contributed by atoms with E-state index in [1.807, 2.05) is 0 Å². The maximum atomic E-state index is 13.3. The second kappa shape index (κ2) is 6.83. The van der Waals surface area contributed by atoms with Crippen LogP contribution in [0.25, 0.3) is 11.0 Å². The SMILES string of the molecule is O=C(c1nc2ccc(F)cc2[nH]1)N1CCC[C@H](Cn2cc(CO)nn2)C1. The fourth-order valence-electron chi connectivity index (χ4n) is 3.40. The molecular weight excluding hydrogens is 339 g/mol. The molecule has 0 radical (unpaired) electrons. The number of H-pyrrole nitrogens is 1. The Morgan fingerprint density at radius 2 is 2.31 bits per heavy atom. The highest BCUT2D eigenvalue weighted by Crippen LogP contribution is 2.21. The number of aromatic amines is 1. The van der Waals surface area contributed by atoms with Gasteiger partial charge in [0.2, 0.25) is 0 Å². The van der Waals surface area contributed by atoms with Crippen molar-refractivity contribution in [2.75, 3.05) is 13.1 Å². The number of hydrogen-bond donors (Lipinski definition) is 2. The Morgan fingerprint density at radius 3 is 3.12 bits per heavy atom. The molecule has 8 nitrogen and oxygen atoms in total. The number of likely N-dealkylation sites (tertiary alicyclic amines) is 1. The summed E-state index contributed by atoms with van der Waals surface area (Å²) in [5, 5.41) is 16.9. The van der Waals surface area contributed by atoms with Crippen LogP contribution >= 0.6 is 0 Å². The van der Waals surface area contributed by atoms with E-state index < -0.39 is 0 Å². The second-order valence-electron chi connectivity index (χ2n) is 6.60. The molecule has 0 aliphatic carbocycles. The number of rotatable bonds is 4. The molecule has 1 aromatic carbocycles. The van der Waals surface area contributed by atoms with Gasteiger partial charge in [-0.05, 0) is 37.0 Å². The van der Waals surface area contributed by atoms with Crippen LogP contribution in [0, 0.1) is 11.7 Å². The third kappa shape index (κ3) is 3.30. The van der Waals surface area contributed by atoms with E-state index in [1.165, 1.54) is 12.1 Å². The van der Waals surface area contributed by atoms with Crippen LogP contribution in [-0.4, -0.2) is 54.0 Å². The minimum atomic E-state index is -0.367. The van der Waals surface area contributed by atoms with Crippen molar-refractivity contribution in [3.05, 3.63) is 41.7 Å². The van der Waals surface area contributed by atoms with Crippen molar-refractivity contribution in [3.8, 4) is 0 Å². The number of carbonyl (C=O) groups excluding carboxylic acids is 1. The first-order valence-electron chi connectivity index (χ1n) is 8.57. The molecular formula is C17H19FN6O2. The number of fused-ring (bicyclic) bond motifs is 1. The zero-order valence-electron chi connectivity index (χ0n) is 14.1. The molecule has 0 spiro atoms. The first-order valence-corrected chi connectivity index (χ1v) is 8.57. The van der Waals surface area contributed by atoms with Gasteiger partial charge in [0.15, 0.2) is 5.82 Å². The van der Waals surface area contributed by atoms with Crippen molar-refractivity contribution in [2.45, 2.75) is 26.0 Å². The minimum absolute atomic E-state index is 0.137. The number of nitrogens with one attached hydrogen (secondary N) is 1. The van der Waals surface area contributed by atoms with Gasteiger partial charge in [0.05, 0.1) is 23.8 Å². The number of aliphatic hydroxyl groups excluding tert-OH is 1. The molecule has 1 atom stereocenters. The van der Waals surface area contributed by atoms with Gasteiger partial charge in [-0.25, -0.2) is 9.37 Å². The molecule has 9 heteroatoms. The molecule has 2 aromatic heterocycles. The third-order valence-electron chi connectivity index (χ3n) is 4.65. The van der Waals surface area contributed by atoms with Gasteiger partial charge < -0.3 is 15.0 Å². The van der Waals surface area contributed by atoms with Crippen molar-refractivity contribution in [1.29, 1.82) is 0 Å². The zero-order valence-corrected chi connectivity index (χ0v) is 14.1. The number of hydrogen-bond acceptors (Lipinski definition) is 5. The fourth-order valence-corrected chi connectivity index (χ4v) is 3.40. The van der Waals surface area contributed by atoms with Crippen molar-refractivity contribution in [3.63, 3.8) is 0 Å². The number of aliphatic hydroxyl groups is 1. The number of benzene rings is 1. The number of nitrogens with zero attached hydrogens (tertiary/aromatic N) is 5. The lowest BCUT2D eigenvalue weighted by Crippen LogP contribution is -2.41. The summed E-state index contributed by atoms with van der Waals surface area (Å²) in [6, 6.07) is 4.22. The molecule has 1 amide bonds. The van der Waals surface area contributed by atoms with E-state index in [4.69, 9.17) is 5.11 Å². The average Bonchev–Trinajstić information content (AvgIpc) is 3.27. The highest BCUT2D eigenvalue weighted by Gasteiger charge is 2.27.